The zero-order chi connectivity index (χ0) is 16.5. The largest absolute Gasteiger partial charge is 0.326 e. The first-order chi connectivity index (χ1) is 11.2. The predicted molar refractivity (Wildman–Crippen MR) is 90.8 cm³/mol. The van der Waals surface area contributed by atoms with Crippen molar-refractivity contribution < 1.29 is 9.18 Å². The second kappa shape index (κ2) is 8.68. The Bertz CT molecular complexity index is 668. The van der Waals surface area contributed by atoms with Gasteiger partial charge < -0.3 is 11.2 Å². The third-order valence-electron chi connectivity index (χ3n) is 3.43. The van der Waals surface area contributed by atoms with Crippen LogP contribution in [0, 0.1) is 5.82 Å². The molecule has 0 radical (unpaired) electrons. The van der Waals surface area contributed by atoms with Crippen LogP contribution in [0.25, 0.3) is 0 Å². The van der Waals surface area contributed by atoms with Gasteiger partial charge in [0.2, 0.25) is 5.91 Å². The summed E-state index contributed by atoms with van der Waals surface area (Å²) in [6.07, 6.45) is 4.64. The zero-order valence-corrected chi connectivity index (χ0v) is 12.8. The van der Waals surface area contributed by atoms with Crippen LogP contribution in [0.5, 0.6) is 0 Å². The third-order valence-corrected chi connectivity index (χ3v) is 3.43. The predicted octanol–water partition coefficient (Wildman–Crippen LogP) is 3.47. The molecule has 0 aromatic heterocycles. The summed E-state index contributed by atoms with van der Waals surface area (Å²) < 4.78 is 13.0. The number of unbranched alkanes of at least 4 members (excludes halogenated alkanes) is 1. The van der Waals surface area contributed by atoms with E-state index in [-0.39, 0.29) is 11.7 Å². The molecule has 2 aromatic rings. The number of nitrogens with one attached hydrogen (secondary N) is 1. The minimum atomic E-state index is -0.356. The van der Waals surface area contributed by atoms with Gasteiger partial charge in [-0.05, 0) is 48.6 Å². The van der Waals surface area contributed by atoms with Crippen molar-refractivity contribution in [2.24, 2.45) is 10.9 Å². The van der Waals surface area contributed by atoms with Crippen molar-refractivity contribution in [2.45, 2.75) is 25.7 Å². The number of hydrogen-bond acceptors (Lipinski definition) is 3. The molecule has 0 bridgehead atoms. The lowest BCUT2D eigenvalue weighted by atomic mass is 10.1. The molecule has 120 valence electrons. The summed E-state index contributed by atoms with van der Waals surface area (Å²) in [5, 5.41) is 6.17. The smallest absolute Gasteiger partial charge is 0.224 e. The number of benzene rings is 2. The quantitative estimate of drug-likeness (QED) is 0.356. The number of carbonyl (C=O) groups excluding carboxylic acids is 1. The molecular formula is C18H20FN3O. The Morgan fingerprint density at radius 1 is 1.17 bits per heavy atom. The average Bonchev–Trinajstić information content (AvgIpc) is 2.53. The molecule has 0 atom stereocenters. The lowest BCUT2D eigenvalue weighted by Crippen LogP contribution is -2.11. The van der Waals surface area contributed by atoms with Crippen molar-refractivity contribution >= 4 is 17.8 Å². The second-order valence-corrected chi connectivity index (χ2v) is 5.29. The van der Waals surface area contributed by atoms with Crippen LogP contribution in [0.4, 0.5) is 10.1 Å². The minimum absolute atomic E-state index is 0.0925. The Morgan fingerprint density at radius 3 is 2.65 bits per heavy atom. The van der Waals surface area contributed by atoms with E-state index >= 15 is 0 Å². The van der Waals surface area contributed by atoms with E-state index in [9.17, 15) is 9.18 Å². The molecule has 0 fully saturated rings. The van der Waals surface area contributed by atoms with E-state index in [1.807, 2.05) is 24.3 Å². The van der Waals surface area contributed by atoms with E-state index in [0.29, 0.717) is 12.1 Å². The maximum atomic E-state index is 13.0. The summed E-state index contributed by atoms with van der Waals surface area (Å²) in [7, 11) is 0. The number of anilines is 1. The highest BCUT2D eigenvalue weighted by Gasteiger charge is 2.03. The fraction of sp³-hybridized carbons (Fsp3) is 0.222. The lowest BCUT2D eigenvalue weighted by Gasteiger charge is -2.05. The molecule has 0 saturated carbocycles. The van der Waals surface area contributed by atoms with Gasteiger partial charge in [0.15, 0.2) is 0 Å². The van der Waals surface area contributed by atoms with Gasteiger partial charge in [-0.3, -0.25) is 4.79 Å². The molecule has 2 aromatic carbocycles. The van der Waals surface area contributed by atoms with Gasteiger partial charge in [-0.25, -0.2) is 4.39 Å². The Kier molecular flexibility index (Phi) is 6.29. The Balaban J connectivity index is 1.69. The first kappa shape index (κ1) is 16.7. The third kappa shape index (κ3) is 5.90. The summed E-state index contributed by atoms with van der Waals surface area (Å²) in [6, 6.07) is 13.9. The molecular weight excluding hydrogens is 293 g/mol. The van der Waals surface area contributed by atoms with Crippen LogP contribution in [-0.2, 0) is 11.2 Å². The number of nitrogens with two attached hydrogens (primary N) is 1. The van der Waals surface area contributed by atoms with Gasteiger partial charge in [0.1, 0.15) is 5.82 Å². The van der Waals surface area contributed by atoms with Crippen molar-refractivity contribution in [3.63, 3.8) is 0 Å². The summed E-state index contributed by atoms with van der Waals surface area (Å²) in [4.78, 5) is 11.8. The molecule has 0 heterocycles. The van der Waals surface area contributed by atoms with Crippen LogP contribution >= 0.6 is 0 Å². The van der Waals surface area contributed by atoms with Crippen molar-refractivity contribution in [3.05, 3.63) is 65.5 Å². The van der Waals surface area contributed by atoms with Crippen LogP contribution < -0.4 is 11.2 Å². The van der Waals surface area contributed by atoms with E-state index in [1.54, 1.807) is 18.3 Å². The van der Waals surface area contributed by atoms with Gasteiger partial charge in [-0.1, -0.05) is 30.3 Å². The highest BCUT2D eigenvalue weighted by atomic mass is 19.1. The summed E-state index contributed by atoms with van der Waals surface area (Å²) in [5.74, 6) is 4.65. The highest BCUT2D eigenvalue weighted by molar-refractivity contribution is 5.90. The lowest BCUT2D eigenvalue weighted by molar-refractivity contribution is -0.116. The van der Waals surface area contributed by atoms with E-state index in [0.717, 1.165) is 24.8 Å². The first-order valence-corrected chi connectivity index (χ1v) is 7.55. The maximum absolute atomic E-state index is 13.0. The van der Waals surface area contributed by atoms with E-state index in [4.69, 9.17) is 5.84 Å². The summed E-state index contributed by atoms with van der Waals surface area (Å²) >= 11 is 0. The van der Waals surface area contributed by atoms with Crippen molar-refractivity contribution in [2.75, 3.05) is 5.32 Å². The molecule has 3 N–H and O–H groups in total. The second-order valence-electron chi connectivity index (χ2n) is 5.29. The number of halogens is 1. The molecule has 0 aliphatic carbocycles. The topological polar surface area (TPSA) is 67.5 Å². The number of aryl methyl sites for hydroxylation is 1. The molecule has 0 aliphatic rings. The molecule has 1 amide bonds. The van der Waals surface area contributed by atoms with Gasteiger partial charge in [-0.15, -0.1) is 0 Å². The molecule has 0 spiro atoms. The molecule has 5 heteroatoms. The molecule has 4 nitrogen and oxygen atoms in total. The Hall–Kier alpha value is -2.69. The molecule has 2 rings (SSSR count). The van der Waals surface area contributed by atoms with Gasteiger partial charge >= 0.3 is 0 Å². The van der Waals surface area contributed by atoms with E-state index in [2.05, 4.69) is 10.4 Å². The molecule has 0 unspecified atom stereocenters. The number of hydrogen-bond donors (Lipinski definition) is 2. The van der Waals surface area contributed by atoms with Crippen molar-refractivity contribution in [1.29, 1.82) is 0 Å². The summed E-state index contributed by atoms with van der Waals surface area (Å²) in [6.45, 7) is 0. The fourth-order valence-electron chi connectivity index (χ4n) is 2.26. The first-order valence-electron chi connectivity index (χ1n) is 7.55. The van der Waals surface area contributed by atoms with Crippen molar-refractivity contribution in [1.82, 2.24) is 0 Å². The summed E-state index contributed by atoms with van der Waals surface area (Å²) in [5.41, 5.74) is 2.67. The van der Waals surface area contributed by atoms with Crippen LogP contribution in [-0.4, -0.2) is 12.1 Å². The zero-order valence-electron chi connectivity index (χ0n) is 12.8. The van der Waals surface area contributed by atoms with Crippen LogP contribution in [0.2, 0.25) is 0 Å². The highest BCUT2D eigenvalue weighted by Crippen LogP contribution is 2.11. The molecule has 0 aliphatic heterocycles. The Labute approximate surface area is 135 Å². The molecule has 0 saturated heterocycles. The van der Waals surface area contributed by atoms with Gasteiger partial charge in [0.05, 0.1) is 6.21 Å². The van der Waals surface area contributed by atoms with Gasteiger partial charge in [-0.2, -0.15) is 5.10 Å². The number of rotatable bonds is 7. The van der Waals surface area contributed by atoms with Crippen LogP contribution in [0.1, 0.15) is 30.4 Å². The number of hydrazone groups is 1. The van der Waals surface area contributed by atoms with Crippen LogP contribution in [0.3, 0.4) is 0 Å². The van der Waals surface area contributed by atoms with Crippen LogP contribution in [0.15, 0.2) is 53.6 Å². The minimum Gasteiger partial charge on any atom is -0.326 e. The van der Waals surface area contributed by atoms with Crippen molar-refractivity contribution in [3.8, 4) is 0 Å². The fourth-order valence-corrected chi connectivity index (χ4v) is 2.26. The number of carbonyl (C=O) groups is 1. The standard InChI is InChI=1S/C18H20FN3O/c19-16-5-3-6-17(12-16)22-18(23)7-2-1-4-14-8-10-15(11-9-14)13-21-20/h3,5-6,8-13H,1-2,4,7,20H2,(H,22,23)/b21-13+. The maximum Gasteiger partial charge on any atom is 0.224 e. The monoisotopic (exact) mass is 313 g/mol. The van der Waals surface area contributed by atoms with Gasteiger partial charge in [0, 0.05) is 12.1 Å². The number of amides is 1. The average molecular weight is 313 g/mol. The SMILES string of the molecule is N/N=C/c1ccc(CCCCC(=O)Nc2cccc(F)c2)cc1. The van der Waals surface area contributed by atoms with Gasteiger partial charge in [0.25, 0.3) is 0 Å². The Morgan fingerprint density at radius 2 is 1.96 bits per heavy atom. The van der Waals surface area contributed by atoms with E-state index < -0.39 is 0 Å². The molecule has 23 heavy (non-hydrogen) atoms. The normalized spacial score (nSPS) is 10.8. The number of nitrogens with zero attached hydrogens (tertiary/aromatic N) is 1. The van der Waals surface area contributed by atoms with E-state index in [1.165, 1.54) is 17.7 Å².